The molecular weight excluding hydrogens is 288 g/mol. The number of aliphatic hydroxyl groups is 1. The summed E-state index contributed by atoms with van der Waals surface area (Å²) in [7, 11) is 0. The molecule has 2 heterocycles. The highest BCUT2D eigenvalue weighted by Gasteiger charge is 2.57. The summed E-state index contributed by atoms with van der Waals surface area (Å²) in [6.45, 7) is 10.5. The third-order valence-corrected chi connectivity index (χ3v) is 6.09. The molecule has 0 aromatic carbocycles. The van der Waals surface area contributed by atoms with E-state index in [0.717, 1.165) is 36.8 Å². The van der Waals surface area contributed by atoms with Gasteiger partial charge in [-0.1, -0.05) is 43.7 Å². The summed E-state index contributed by atoms with van der Waals surface area (Å²) >= 11 is 0. The molecular formula is C20H28O3. The molecule has 3 aliphatic rings. The Hall–Kier alpha value is -1.35. The van der Waals surface area contributed by atoms with Crippen molar-refractivity contribution in [1.82, 2.24) is 0 Å². The molecule has 126 valence electrons. The summed E-state index contributed by atoms with van der Waals surface area (Å²) in [5, 5.41) is 11.6. The Morgan fingerprint density at radius 2 is 2.04 bits per heavy atom. The van der Waals surface area contributed by atoms with Gasteiger partial charge >= 0.3 is 5.97 Å². The number of rotatable bonds is 1. The average molecular weight is 316 g/mol. The summed E-state index contributed by atoms with van der Waals surface area (Å²) in [5.41, 5.74) is 1.21. The summed E-state index contributed by atoms with van der Waals surface area (Å²) in [6, 6.07) is 0. The lowest BCUT2D eigenvalue weighted by Crippen LogP contribution is -2.56. The van der Waals surface area contributed by atoms with Crippen molar-refractivity contribution in [2.75, 3.05) is 0 Å². The van der Waals surface area contributed by atoms with Crippen LogP contribution in [0.1, 0.15) is 59.3 Å². The molecule has 23 heavy (non-hydrogen) atoms. The van der Waals surface area contributed by atoms with E-state index >= 15 is 0 Å². The second kappa shape index (κ2) is 5.62. The van der Waals surface area contributed by atoms with Crippen LogP contribution in [0.3, 0.4) is 0 Å². The van der Waals surface area contributed by atoms with Crippen LogP contribution in [0.25, 0.3) is 0 Å². The Morgan fingerprint density at radius 3 is 2.74 bits per heavy atom. The maximum absolute atomic E-state index is 12.6. The molecule has 3 atom stereocenters. The summed E-state index contributed by atoms with van der Waals surface area (Å²) < 4.78 is 5.87. The predicted octanol–water partition coefficient (Wildman–Crippen LogP) is 4.08. The van der Waals surface area contributed by atoms with Crippen LogP contribution in [0.15, 0.2) is 35.5 Å². The highest BCUT2D eigenvalue weighted by atomic mass is 16.6. The lowest BCUT2D eigenvalue weighted by atomic mass is 9.72. The third kappa shape index (κ3) is 2.59. The average Bonchev–Trinajstić information content (AvgIpc) is 2.67. The van der Waals surface area contributed by atoms with Gasteiger partial charge in [0.15, 0.2) is 0 Å². The molecule has 1 fully saturated rings. The van der Waals surface area contributed by atoms with Gasteiger partial charge in [-0.15, -0.1) is 0 Å². The minimum absolute atomic E-state index is 0.127. The lowest BCUT2D eigenvalue weighted by Gasteiger charge is -2.45. The minimum Gasteiger partial charge on any atom is -0.453 e. The van der Waals surface area contributed by atoms with Crippen LogP contribution >= 0.6 is 0 Å². The molecule has 3 unspecified atom stereocenters. The first-order valence-electron chi connectivity index (χ1n) is 8.80. The molecule has 2 aliphatic heterocycles. The van der Waals surface area contributed by atoms with Gasteiger partial charge in [-0.3, -0.25) is 0 Å². The molecule has 3 heteroatoms. The topological polar surface area (TPSA) is 46.5 Å². The Labute approximate surface area is 139 Å². The fourth-order valence-electron chi connectivity index (χ4n) is 4.34. The molecule has 3 rings (SSSR count). The van der Waals surface area contributed by atoms with E-state index in [9.17, 15) is 9.90 Å². The van der Waals surface area contributed by atoms with Crippen molar-refractivity contribution in [3.63, 3.8) is 0 Å². The maximum Gasteiger partial charge on any atom is 0.334 e. The summed E-state index contributed by atoms with van der Waals surface area (Å²) in [4.78, 5) is 12.6. The molecule has 0 spiro atoms. The molecule has 0 radical (unpaired) electrons. The van der Waals surface area contributed by atoms with E-state index in [4.69, 9.17) is 4.74 Å². The van der Waals surface area contributed by atoms with Crippen LogP contribution in [0.5, 0.6) is 0 Å². The van der Waals surface area contributed by atoms with Gasteiger partial charge in [0.05, 0.1) is 0 Å². The number of hydrogen-bond donors (Lipinski definition) is 1. The Bertz CT molecular complexity index is 598. The van der Waals surface area contributed by atoms with Gasteiger partial charge in [0.1, 0.15) is 11.2 Å². The van der Waals surface area contributed by atoms with Crippen molar-refractivity contribution in [2.24, 2.45) is 11.8 Å². The molecule has 0 amide bonds. The molecule has 0 saturated heterocycles. The van der Waals surface area contributed by atoms with Crippen LogP contribution in [-0.4, -0.2) is 22.3 Å². The molecule has 1 aliphatic carbocycles. The van der Waals surface area contributed by atoms with Crippen molar-refractivity contribution in [3.05, 3.63) is 35.5 Å². The monoisotopic (exact) mass is 316 g/mol. The van der Waals surface area contributed by atoms with E-state index in [-0.39, 0.29) is 11.9 Å². The first kappa shape index (κ1) is 16.5. The molecule has 2 bridgehead atoms. The van der Waals surface area contributed by atoms with Gasteiger partial charge < -0.3 is 9.84 Å². The highest BCUT2D eigenvalue weighted by Crippen LogP contribution is 2.51. The normalized spacial score (nSPS) is 37.9. The quantitative estimate of drug-likeness (QED) is 0.585. The first-order chi connectivity index (χ1) is 10.8. The van der Waals surface area contributed by atoms with Crippen molar-refractivity contribution in [1.29, 1.82) is 0 Å². The van der Waals surface area contributed by atoms with Crippen LogP contribution in [-0.2, 0) is 9.53 Å². The Morgan fingerprint density at radius 1 is 1.30 bits per heavy atom. The molecule has 3 nitrogen and oxygen atoms in total. The number of carbonyl (C=O) groups is 1. The van der Waals surface area contributed by atoms with Crippen LogP contribution in [0, 0.1) is 11.8 Å². The zero-order valence-electron chi connectivity index (χ0n) is 14.5. The standard InChI is InChI=1S/C20H28O3/c1-13(2)16-8-7-15-6-5-10-19(4,23-18(15)21)20(22)11-9-14(3)17(20)12-16/h6,12-13,17,22H,3,5,7-11H2,1-2,4H3. The molecule has 1 N–H and O–H groups in total. The zero-order valence-corrected chi connectivity index (χ0v) is 14.5. The van der Waals surface area contributed by atoms with Crippen LogP contribution in [0.4, 0.5) is 0 Å². The van der Waals surface area contributed by atoms with Gasteiger partial charge in [0, 0.05) is 11.5 Å². The minimum atomic E-state index is -1.06. The second-order valence-electron chi connectivity index (χ2n) is 7.84. The SMILES string of the molecule is C=C1CCC2(O)C1C=C(C(C)C)CCC1=CCCC2(C)OC1=O. The number of hydrogen-bond acceptors (Lipinski definition) is 3. The van der Waals surface area contributed by atoms with Crippen LogP contribution < -0.4 is 0 Å². The zero-order chi connectivity index (χ0) is 16.8. The molecule has 1 saturated carbocycles. The number of fused-ring (bicyclic) bond motifs is 5. The highest BCUT2D eigenvalue weighted by molar-refractivity contribution is 5.89. The fraction of sp³-hybridized carbons (Fsp3) is 0.650. The van der Waals surface area contributed by atoms with E-state index in [1.54, 1.807) is 0 Å². The predicted molar refractivity (Wildman–Crippen MR) is 90.8 cm³/mol. The smallest absolute Gasteiger partial charge is 0.334 e. The fourth-order valence-corrected chi connectivity index (χ4v) is 4.34. The number of ether oxygens (including phenoxy) is 1. The van der Waals surface area contributed by atoms with Gasteiger partial charge in [-0.25, -0.2) is 4.79 Å². The third-order valence-electron chi connectivity index (χ3n) is 6.09. The van der Waals surface area contributed by atoms with E-state index in [0.29, 0.717) is 18.8 Å². The first-order valence-corrected chi connectivity index (χ1v) is 8.80. The van der Waals surface area contributed by atoms with Gasteiger partial charge in [-0.2, -0.15) is 0 Å². The molecule has 0 aromatic rings. The number of esters is 1. The van der Waals surface area contributed by atoms with Gasteiger partial charge in [-0.05, 0) is 51.4 Å². The summed E-state index contributed by atoms with van der Waals surface area (Å²) in [6.07, 6.45) is 8.63. The van der Waals surface area contributed by atoms with Crippen molar-refractivity contribution in [2.45, 2.75) is 70.5 Å². The van der Waals surface area contributed by atoms with E-state index in [2.05, 4.69) is 26.5 Å². The number of allylic oxidation sites excluding steroid dienone is 2. The molecule has 0 aromatic heterocycles. The van der Waals surface area contributed by atoms with Gasteiger partial charge in [0.2, 0.25) is 0 Å². The van der Waals surface area contributed by atoms with E-state index < -0.39 is 11.2 Å². The van der Waals surface area contributed by atoms with E-state index in [1.165, 1.54) is 5.57 Å². The number of carbonyl (C=O) groups excluding carboxylic acids is 1. The van der Waals surface area contributed by atoms with Gasteiger partial charge in [0.25, 0.3) is 0 Å². The lowest BCUT2D eigenvalue weighted by molar-refractivity contribution is -0.193. The van der Waals surface area contributed by atoms with E-state index in [1.807, 2.05) is 13.0 Å². The second-order valence-corrected chi connectivity index (χ2v) is 7.84. The van der Waals surface area contributed by atoms with Crippen molar-refractivity contribution < 1.29 is 14.6 Å². The Balaban J connectivity index is 2.15. The maximum atomic E-state index is 12.6. The van der Waals surface area contributed by atoms with Crippen molar-refractivity contribution in [3.8, 4) is 0 Å². The van der Waals surface area contributed by atoms with Crippen molar-refractivity contribution >= 4 is 5.97 Å². The largest absolute Gasteiger partial charge is 0.453 e. The summed E-state index contributed by atoms with van der Waals surface area (Å²) in [5.74, 6) is 0.0217. The Kier molecular flexibility index (Phi) is 4.04. The van der Waals surface area contributed by atoms with Crippen LogP contribution in [0.2, 0.25) is 0 Å².